The minimum absolute atomic E-state index is 0.0468. The maximum atomic E-state index is 10.3. The lowest BCUT2D eigenvalue weighted by Gasteiger charge is -2.02. The van der Waals surface area contributed by atoms with Gasteiger partial charge in [-0.1, -0.05) is 0 Å². The van der Waals surface area contributed by atoms with Crippen molar-refractivity contribution in [2.24, 2.45) is 5.73 Å². The van der Waals surface area contributed by atoms with Crippen molar-refractivity contribution in [2.75, 3.05) is 26.2 Å². The average molecular weight is 176 g/mol. The maximum absolute atomic E-state index is 10.3. The zero-order chi connectivity index (χ0) is 9.40. The third kappa shape index (κ3) is 5.63. The fraction of sp³-hybridized carbons (Fsp3) is 0.667. The highest BCUT2D eigenvalue weighted by Crippen LogP contribution is 1.76. The number of carboxylic acid groups (broad SMARTS) is 1. The molecule has 6 nitrogen and oxygen atoms in total. The number of esters is 1. The molecule has 0 bridgehead atoms. The zero-order valence-corrected chi connectivity index (χ0v) is 6.58. The van der Waals surface area contributed by atoms with Gasteiger partial charge in [0.25, 0.3) is 0 Å². The number of ether oxygens (including phenoxy) is 1. The van der Waals surface area contributed by atoms with Crippen LogP contribution in [-0.4, -0.2) is 43.3 Å². The van der Waals surface area contributed by atoms with Crippen molar-refractivity contribution < 1.29 is 19.4 Å². The molecule has 0 fully saturated rings. The third-order valence-corrected chi connectivity index (χ3v) is 1.01. The van der Waals surface area contributed by atoms with Gasteiger partial charge in [0.15, 0.2) is 0 Å². The highest BCUT2D eigenvalue weighted by molar-refractivity contribution is 6.28. The first-order valence-corrected chi connectivity index (χ1v) is 3.49. The van der Waals surface area contributed by atoms with Crippen LogP contribution in [0.25, 0.3) is 0 Å². The number of hydrogen-bond donors (Lipinski definition) is 3. The van der Waals surface area contributed by atoms with Gasteiger partial charge in [-0.25, -0.2) is 9.59 Å². The SMILES string of the molecule is NCCNCCOC(=O)C(=O)O. The van der Waals surface area contributed by atoms with E-state index < -0.39 is 11.9 Å². The Bertz CT molecular complexity index is 160. The summed E-state index contributed by atoms with van der Waals surface area (Å²) in [5.74, 6) is -2.81. The molecule has 0 aliphatic heterocycles. The minimum atomic E-state index is -1.58. The van der Waals surface area contributed by atoms with Crippen LogP contribution in [-0.2, 0) is 14.3 Å². The zero-order valence-electron chi connectivity index (χ0n) is 6.58. The van der Waals surface area contributed by atoms with Gasteiger partial charge in [-0.2, -0.15) is 0 Å². The van der Waals surface area contributed by atoms with Crippen molar-refractivity contribution >= 4 is 11.9 Å². The fourth-order valence-corrected chi connectivity index (χ4v) is 0.505. The molecule has 70 valence electrons. The molecular formula is C6H12N2O4. The summed E-state index contributed by atoms with van der Waals surface area (Å²) in [6, 6.07) is 0. The van der Waals surface area contributed by atoms with Gasteiger partial charge in [0, 0.05) is 19.6 Å². The first-order valence-electron chi connectivity index (χ1n) is 3.49. The van der Waals surface area contributed by atoms with Gasteiger partial charge < -0.3 is 20.9 Å². The van der Waals surface area contributed by atoms with Crippen LogP contribution in [0.1, 0.15) is 0 Å². The van der Waals surface area contributed by atoms with E-state index >= 15 is 0 Å². The summed E-state index contributed by atoms with van der Waals surface area (Å²) >= 11 is 0. The summed E-state index contributed by atoms with van der Waals surface area (Å²) < 4.78 is 4.31. The van der Waals surface area contributed by atoms with E-state index in [2.05, 4.69) is 10.1 Å². The minimum Gasteiger partial charge on any atom is -0.473 e. The van der Waals surface area contributed by atoms with Crippen LogP contribution in [0.5, 0.6) is 0 Å². The predicted molar refractivity (Wildman–Crippen MR) is 40.5 cm³/mol. The van der Waals surface area contributed by atoms with E-state index in [-0.39, 0.29) is 6.61 Å². The lowest BCUT2D eigenvalue weighted by atomic mass is 10.6. The highest BCUT2D eigenvalue weighted by Gasteiger charge is 2.11. The molecule has 0 aromatic carbocycles. The molecule has 0 saturated carbocycles. The highest BCUT2D eigenvalue weighted by atomic mass is 16.6. The fourth-order valence-electron chi connectivity index (χ4n) is 0.505. The third-order valence-electron chi connectivity index (χ3n) is 1.01. The van der Waals surface area contributed by atoms with E-state index in [1.165, 1.54) is 0 Å². The molecule has 0 aromatic rings. The molecule has 0 unspecified atom stereocenters. The topological polar surface area (TPSA) is 102 Å². The lowest BCUT2D eigenvalue weighted by molar-refractivity contribution is -0.163. The number of nitrogens with two attached hydrogens (primary N) is 1. The largest absolute Gasteiger partial charge is 0.473 e. The number of hydrogen-bond acceptors (Lipinski definition) is 5. The second-order valence-electron chi connectivity index (χ2n) is 1.98. The second-order valence-corrected chi connectivity index (χ2v) is 1.98. The molecule has 0 aliphatic carbocycles. The van der Waals surface area contributed by atoms with Gasteiger partial charge in [-0.05, 0) is 0 Å². The Hall–Kier alpha value is -1.14. The predicted octanol–water partition coefficient (Wildman–Crippen LogP) is -1.84. The molecule has 0 saturated heterocycles. The Labute approximate surface area is 69.7 Å². The van der Waals surface area contributed by atoms with E-state index in [9.17, 15) is 9.59 Å². The van der Waals surface area contributed by atoms with Crippen molar-refractivity contribution in [1.82, 2.24) is 5.32 Å². The second kappa shape index (κ2) is 6.56. The van der Waals surface area contributed by atoms with E-state index in [0.29, 0.717) is 19.6 Å². The van der Waals surface area contributed by atoms with Gasteiger partial charge in [-0.15, -0.1) is 0 Å². The summed E-state index contributed by atoms with van der Waals surface area (Å²) in [6.45, 7) is 1.57. The van der Waals surface area contributed by atoms with Gasteiger partial charge in [0.2, 0.25) is 0 Å². The quantitative estimate of drug-likeness (QED) is 0.258. The summed E-state index contributed by atoms with van der Waals surface area (Å²) in [6.07, 6.45) is 0. The number of aliphatic carboxylic acids is 1. The van der Waals surface area contributed by atoms with Crippen molar-refractivity contribution in [3.05, 3.63) is 0 Å². The first-order chi connectivity index (χ1) is 5.68. The summed E-state index contributed by atoms with van der Waals surface area (Å²) in [4.78, 5) is 20.2. The van der Waals surface area contributed by atoms with Crippen LogP contribution in [0.4, 0.5) is 0 Å². The molecule has 0 aromatic heterocycles. The molecule has 0 amide bonds. The van der Waals surface area contributed by atoms with Gasteiger partial charge in [0.05, 0.1) is 0 Å². The molecular weight excluding hydrogens is 164 g/mol. The molecule has 6 heteroatoms. The molecule has 0 radical (unpaired) electrons. The van der Waals surface area contributed by atoms with Crippen LogP contribution in [0.3, 0.4) is 0 Å². The number of rotatable bonds is 5. The van der Waals surface area contributed by atoms with Gasteiger partial charge >= 0.3 is 11.9 Å². The summed E-state index contributed by atoms with van der Waals surface area (Å²) in [7, 11) is 0. The van der Waals surface area contributed by atoms with Gasteiger partial charge in [0.1, 0.15) is 6.61 Å². The van der Waals surface area contributed by atoms with E-state index in [0.717, 1.165) is 0 Å². The van der Waals surface area contributed by atoms with Crippen LogP contribution in [0, 0.1) is 0 Å². The monoisotopic (exact) mass is 176 g/mol. The molecule has 0 heterocycles. The molecule has 0 spiro atoms. The van der Waals surface area contributed by atoms with Crippen molar-refractivity contribution in [3.63, 3.8) is 0 Å². The van der Waals surface area contributed by atoms with Crippen LogP contribution in [0.15, 0.2) is 0 Å². The van der Waals surface area contributed by atoms with Crippen LogP contribution in [0.2, 0.25) is 0 Å². The lowest BCUT2D eigenvalue weighted by Crippen LogP contribution is -2.28. The van der Waals surface area contributed by atoms with Gasteiger partial charge in [-0.3, -0.25) is 0 Å². The number of carbonyl (C=O) groups excluding carboxylic acids is 1. The standard InChI is InChI=1S/C6H12N2O4/c7-1-2-8-3-4-12-6(11)5(9)10/h8H,1-4,7H2,(H,9,10). The maximum Gasteiger partial charge on any atom is 0.417 e. The van der Waals surface area contributed by atoms with Crippen LogP contribution < -0.4 is 11.1 Å². The Morgan fingerprint density at radius 2 is 2.08 bits per heavy atom. The number of nitrogens with one attached hydrogen (secondary N) is 1. The molecule has 12 heavy (non-hydrogen) atoms. The molecule has 0 atom stereocenters. The number of carbonyl (C=O) groups is 2. The van der Waals surface area contributed by atoms with Crippen molar-refractivity contribution in [1.29, 1.82) is 0 Å². The Morgan fingerprint density at radius 1 is 1.42 bits per heavy atom. The number of carboxylic acids is 1. The summed E-state index contributed by atoms with van der Waals surface area (Å²) in [5.41, 5.74) is 5.15. The summed E-state index contributed by atoms with van der Waals surface area (Å²) in [5, 5.41) is 10.9. The van der Waals surface area contributed by atoms with Crippen molar-refractivity contribution in [2.45, 2.75) is 0 Å². The molecule has 0 aliphatic rings. The normalized spacial score (nSPS) is 9.42. The molecule has 0 rings (SSSR count). The van der Waals surface area contributed by atoms with Crippen molar-refractivity contribution in [3.8, 4) is 0 Å². The Kier molecular flexibility index (Phi) is 5.94. The molecule has 4 N–H and O–H groups in total. The van der Waals surface area contributed by atoms with E-state index in [4.69, 9.17) is 10.8 Å². The van der Waals surface area contributed by atoms with E-state index in [1.54, 1.807) is 0 Å². The Morgan fingerprint density at radius 3 is 2.58 bits per heavy atom. The first kappa shape index (κ1) is 10.9. The van der Waals surface area contributed by atoms with E-state index in [1.807, 2.05) is 0 Å². The van der Waals surface area contributed by atoms with Crippen LogP contribution >= 0.6 is 0 Å². The Balaban J connectivity index is 3.20. The average Bonchev–Trinajstić information content (AvgIpc) is 2.03. The smallest absolute Gasteiger partial charge is 0.417 e.